The van der Waals surface area contributed by atoms with E-state index in [0.29, 0.717) is 28.1 Å². The van der Waals surface area contributed by atoms with Crippen LogP contribution in [0, 0.1) is 5.41 Å². The van der Waals surface area contributed by atoms with Gasteiger partial charge in [0.25, 0.3) is 11.8 Å². The predicted octanol–water partition coefficient (Wildman–Crippen LogP) is 6.31. The van der Waals surface area contributed by atoms with E-state index in [1.165, 1.54) is 23.5 Å². The Morgan fingerprint density at radius 1 is 1.07 bits per heavy atom. The summed E-state index contributed by atoms with van der Waals surface area (Å²) in [5.74, 6) is -1.91. The number of aromatic carboxylic acids is 1. The summed E-state index contributed by atoms with van der Waals surface area (Å²) in [5, 5.41) is 28.2. The number of carboxylic acids is 1. The van der Waals surface area contributed by atoms with Gasteiger partial charge in [0.15, 0.2) is 5.69 Å². The first-order valence-electron chi connectivity index (χ1n) is 13.6. The third-order valence-electron chi connectivity index (χ3n) is 7.43. The molecular weight excluding hydrogens is 648 g/mol. The summed E-state index contributed by atoms with van der Waals surface area (Å²) in [5.41, 5.74) is 2.73. The Morgan fingerprint density at radius 2 is 1.89 bits per heavy atom. The molecule has 0 fully saturated rings. The Bertz CT molecular complexity index is 1960. The van der Waals surface area contributed by atoms with Crippen molar-refractivity contribution in [3.8, 4) is 27.3 Å². The summed E-state index contributed by atoms with van der Waals surface area (Å²) in [6, 6.07) is 13.7. The number of benzene rings is 2. The summed E-state index contributed by atoms with van der Waals surface area (Å²) in [4.78, 5) is 47.7. The highest BCUT2D eigenvalue weighted by Crippen LogP contribution is 2.45. The number of ether oxygens (including phenoxy) is 1. The molecule has 0 aliphatic carbocycles. The van der Waals surface area contributed by atoms with Gasteiger partial charge in [0.1, 0.15) is 18.1 Å². The van der Waals surface area contributed by atoms with Crippen molar-refractivity contribution in [1.29, 1.82) is 0 Å². The van der Waals surface area contributed by atoms with Crippen LogP contribution in [0.2, 0.25) is 0 Å². The monoisotopic (exact) mass is 674 g/mol. The molecule has 6 rings (SSSR count). The van der Waals surface area contributed by atoms with Crippen LogP contribution in [0.4, 0.5) is 5.69 Å². The summed E-state index contributed by atoms with van der Waals surface area (Å²) < 4.78 is 6.73. The maximum Gasteiger partial charge on any atom is 0.355 e. The molecule has 0 saturated carbocycles. The van der Waals surface area contributed by atoms with Crippen molar-refractivity contribution in [3.63, 3.8) is 0 Å². The number of aliphatic hydroxyl groups excluding tert-OH is 1. The predicted molar refractivity (Wildman–Crippen MR) is 171 cm³/mol. The summed E-state index contributed by atoms with van der Waals surface area (Å²) in [6.45, 7) is 3.92. The third-order valence-corrected chi connectivity index (χ3v) is 9.28. The number of aliphatic hydroxyl groups is 1. The van der Waals surface area contributed by atoms with Gasteiger partial charge in [0.2, 0.25) is 0 Å². The van der Waals surface area contributed by atoms with Crippen LogP contribution >= 0.6 is 27.3 Å². The van der Waals surface area contributed by atoms with Crippen molar-refractivity contribution in [3.05, 3.63) is 87.1 Å². The number of amides is 2. The van der Waals surface area contributed by atoms with Gasteiger partial charge in [-0.25, -0.2) is 9.78 Å². The quantitative estimate of drug-likeness (QED) is 0.129. The Balaban J connectivity index is 1.45. The van der Waals surface area contributed by atoms with Gasteiger partial charge in [-0.1, -0.05) is 13.8 Å². The summed E-state index contributed by atoms with van der Waals surface area (Å²) in [7, 11) is 0. The van der Waals surface area contributed by atoms with E-state index in [-0.39, 0.29) is 30.0 Å². The molecule has 44 heavy (non-hydrogen) atoms. The molecule has 5 N–H and O–H groups in total. The van der Waals surface area contributed by atoms with Crippen LogP contribution in [0.25, 0.3) is 32.5 Å². The first-order valence-corrected chi connectivity index (χ1v) is 15.3. The van der Waals surface area contributed by atoms with Gasteiger partial charge >= 0.3 is 5.97 Å². The fourth-order valence-corrected chi connectivity index (χ4v) is 6.45. The number of nitrogens with zero attached hydrogens (tertiary/aromatic N) is 1. The average molecular weight is 676 g/mol. The van der Waals surface area contributed by atoms with E-state index in [1.807, 2.05) is 23.6 Å². The number of aromatic nitrogens is 2. The number of carbonyl (C=O) groups excluding carboxylic acids is 2. The number of carboxylic acid groups (broad SMARTS) is 1. The molecule has 12 heteroatoms. The fraction of sp³-hybridized carbons (Fsp3) is 0.188. The molecule has 2 aromatic carbocycles. The van der Waals surface area contributed by atoms with E-state index in [9.17, 15) is 24.6 Å². The van der Waals surface area contributed by atoms with Crippen LogP contribution in [-0.4, -0.2) is 51.1 Å². The highest BCUT2D eigenvalue weighted by molar-refractivity contribution is 9.10. The lowest BCUT2D eigenvalue weighted by Crippen LogP contribution is -2.36. The number of thiophene rings is 1. The molecular formula is C32H27BrN4O6S. The highest BCUT2D eigenvalue weighted by Gasteiger charge is 2.28. The zero-order valence-corrected chi connectivity index (χ0v) is 26.1. The Morgan fingerprint density at radius 3 is 2.66 bits per heavy atom. The molecule has 0 bridgehead atoms. The molecule has 0 unspecified atom stereocenters. The van der Waals surface area contributed by atoms with Crippen LogP contribution in [0.15, 0.2) is 64.6 Å². The van der Waals surface area contributed by atoms with Gasteiger partial charge in [-0.2, -0.15) is 0 Å². The number of anilines is 1. The van der Waals surface area contributed by atoms with Crippen LogP contribution in [-0.2, 0) is 6.61 Å². The molecule has 0 radical (unpaired) electrons. The van der Waals surface area contributed by atoms with Gasteiger partial charge in [-0.15, -0.1) is 11.3 Å². The normalized spacial score (nSPS) is 12.3. The van der Waals surface area contributed by atoms with E-state index in [4.69, 9.17) is 4.74 Å². The average Bonchev–Trinajstić information content (AvgIpc) is 3.71. The molecule has 0 spiro atoms. The maximum absolute atomic E-state index is 14.0. The number of hydrogen-bond acceptors (Lipinski definition) is 7. The van der Waals surface area contributed by atoms with Crippen molar-refractivity contribution in [1.82, 2.24) is 15.3 Å². The molecule has 1 aliphatic rings. The zero-order valence-electron chi connectivity index (χ0n) is 23.7. The standard InChI is InChI=1S/C32H27BrN4O6S/c1-32(2,15-38)14-35-30(40)24-4-3-17(27(36-24)31(41)42)19-12-25-21(28-16(13-43-25)8-10-44-28)11-20(19)29(39)37-23-6-5-22-18(26(23)33)7-9-34-22/h3-12,34,38H,13-15H2,1-2H3,(H,35,40)(H,37,39)(H,41,42). The largest absolute Gasteiger partial charge is 0.488 e. The first-order chi connectivity index (χ1) is 21.1. The third kappa shape index (κ3) is 5.47. The molecule has 10 nitrogen and oxygen atoms in total. The van der Waals surface area contributed by atoms with Crippen molar-refractivity contribution < 1.29 is 29.3 Å². The van der Waals surface area contributed by atoms with E-state index in [2.05, 4.69) is 36.5 Å². The zero-order chi connectivity index (χ0) is 31.2. The van der Waals surface area contributed by atoms with Crippen molar-refractivity contribution >= 4 is 61.6 Å². The van der Waals surface area contributed by atoms with Crippen LogP contribution in [0.1, 0.15) is 50.7 Å². The lowest BCUT2D eigenvalue weighted by Gasteiger charge is -2.22. The number of carbonyl (C=O) groups is 3. The minimum Gasteiger partial charge on any atom is -0.488 e. The Kier molecular flexibility index (Phi) is 7.74. The molecule has 2 amide bonds. The number of halogens is 1. The SMILES string of the molecule is CC(C)(CO)CNC(=O)c1ccc(-c2cc3c(cc2C(=O)Nc2ccc4[nH]ccc4c2Br)-c2sccc2CO3)c(C(=O)O)n1. The van der Waals surface area contributed by atoms with Crippen LogP contribution < -0.4 is 15.4 Å². The van der Waals surface area contributed by atoms with E-state index < -0.39 is 28.9 Å². The number of rotatable bonds is 8. The second-order valence-corrected chi connectivity index (χ2v) is 12.9. The number of nitrogens with one attached hydrogen (secondary N) is 3. The minimum atomic E-state index is -1.36. The number of aromatic amines is 1. The number of pyridine rings is 1. The Labute approximate surface area is 264 Å². The van der Waals surface area contributed by atoms with Gasteiger partial charge in [-0.05, 0) is 69.8 Å². The lowest BCUT2D eigenvalue weighted by molar-refractivity contribution is 0.0691. The van der Waals surface area contributed by atoms with E-state index in [0.717, 1.165) is 26.9 Å². The van der Waals surface area contributed by atoms with Crippen molar-refractivity contribution in [2.45, 2.75) is 20.5 Å². The number of H-pyrrole nitrogens is 1. The second-order valence-electron chi connectivity index (χ2n) is 11.2. The lowest BCUT2D eigenvalue weighted by atomic mass is 9.92. The Hall–Kier alpha value is -4.52. The topological polar surface area (TPSA) is 154 Å². The molecule has 3 aromatic heterocycles. The van der Waals surface area contributed by atoms with Crippen molar-refractivity contribution in [2.24, 2.45) is 5.41 Å². The molecule has 224 valence electrons. The molecule has 0 saturated heterocycles. The molecule has 0 atom stereocenters. The molecule has 1 aliphatic heterocycles. The van der Waals surface area contributed by atoms with E-state index in [1.54, 1.807) is 38.2 Å². The summed E-state index contributed by atoms with van der Waals surface area (Å²) in [6.07, 6.45) is 1.80. The van der Waals surface area contributed by atoms with Gasteiger partial charge in [0.05, 0.1) is 10.2 Å². The molecule has 5 aromatic rings. The van der Waals surface area contributed by atoms with Gasteiger partial charge < -0.3 is 30.6 Å². The van der Waals surface area contributed by atoms with Gasteiger partial charge in [0, 0.05) is 68.4 Å². The highest BCUT2D eigenvalue weighted by atomic mass is 79.9. The van der Waals surface area contributed by atoms with Crippen LogP contribution in [0.5, 0.6) is 5.75 Å². The smallest absolute Gasteiger partial charge is 0.355 e. The minimum absolute atomic E-state index is 0.105. The van der Waals surface area contributed by atoms with Gasteiger partial charge in [-0.3, -0.25) is 9.59 Å². The second kappa shape index (κ2) is 11.5. The number of hydrogen-bond donors (Lipinski definition) is 5. The van der Waals surface area contributed by atoms with Crippen molar-refractivity contribution in [2.75, 3.05) is 18.5 Å². The van der Waals surface area contributed by atoms with E-state index >= 15 is 0 Å². The summed E-state index contributed by atoms with van der Waals surface area (Å²) >= 11 is 5.12. The maximum atomic E-state index is 14.0. The number of fused-ring (bicyclic) bond motifs is 4. The molecule has 4 heterocycles. The first kappa shape index (κ1) is 29.5. The fourth-order valence-electron chi connectivity index (χ4n) is 4.94. The van der Waals surface area contributed by atoms with Crippen LogP contribution in [0.3, 0.4) is 0 Å².